The smallest absolute Gasteiger partial charge is 0.231 e. The number of aryl methyl sites for hydroxylation is 1. The molecule has 24 heavy (non-hydrogen) atoms. The van der Waals surface area contributed by atoms with Crippen LogP contribution in [0.3, 0.4) is 0 Å². The van der Waals surface area contributed by atoms with Crippen LogP contribution in [-0.2, 0) is 4.79 Å². The van der Waals surface area contributed by atoms with E-state index in [2.05, 4.69) is 21.6 Å². The van der Waals surface area contributed by atoms with Gasteiger partial charge in [-0.3, -0.25) is 9.36 Å². The highest BCUT2D eigenvalue weighted by atomic mass is 32.2. The lowest BCUT2D eigenvalue weighted by atomic mass is 9.98. The average molecular weight is 341 g/mol. The Kier molecular flexibility index (Phi) is 4.58. The van der Waals surface area contributed by atoms with Gasteiger partial charge in [0.1, 0.15) is 11.9 Å². The molecule has 3 rings (SSSR count). The van der Waals surface area contributed by atoms with Crippen molar-refractivity contribution in [3.63, 3.8) is 0 Å². The van der Waals surface area contributed by atoms with Gasteiger partial charge in [0.25, 0.3) is 0 Å². The molecule has 1 aliphatic carbocycles. The van der Waals surface area contributed by atoms with Gasteiger partial charge in [0, 0.05) is 0 Å². The molecule has 0 aliphatic heterocycles. The van der Waals surface area contributed by atoms with Crippen LogP contribution in [-0.4, -0.2) is 32.0 Å². The van der Waals surface area contributed by atoms with Crippen LogP contribution in [0.5, 0.6) is 0 Å². The number of hydrogen-bond acceptors (Lipinski definition) is 5. The highest BCUT2D eigenvalue weighted by molar-refractivity contribution is 7.99. The summed E-state index contributed by atoms with van der Waals surface area (Å²) in [6.45, 7) is 3.81. The lowest BCUT2D eigenvalue weighted by molar-refractivity contribution is -0.119. The molecule has 1 saturated carbocycles. The van der Waals surface area contributed by atoms with Crippen molar-refractivity contribution >= 4 is 17.7 Å². The molecule has 1 aromatic carbocycles. The topological polar surface area (TPSA) is 83.6 Å². The fraction of sp³-hybridized carbons (Fsp3) is 0.412. The fourth-order valence-electron chi connectivity index (χ4n) is 2.66. The van der Waals surface area contributed by atoms with Gasteiger partial charge < -0.3 is 5.32 Å². The Hall–Kier alpha value is -2.33. The Bertz CT molecular complexity index is 792. The molecule has 2 aromatic rings. The molecule has 0 radical (unpaired) electrons. The van der Waals surface area contributed by atoms with E-state index in [1.54, 1.807) is 13.3 Å². The normalized spacial score (nSPS) is 16.2. The summed E-state index contributed by atoms with van der Waals surface area (Å²) in [4.78, 5) is 12.2. The zero-order valence-corrected chi connectivity index (χ0v) is 14.5. The van der Waals surface area contributed by atoms with Crippen LogP contribution >= 0.6 is 11.8 Å². The number of nitrogens with one attached hydrogen (secondary N) is 1. The second-order valence-electron chi connectivity index (χ2n) is 6.20. The Labute approximate surface area is 145 Å². The van der Waals surface area contributed by atoms with Crippen LogP contribution in [0.25, 0.3) is 5.69 Å². The van der Waals surface area contributed by atoms with Gasteiger partial charge in [0.05, 0.1) is 17.5 Å². The highest BCUT2D eigenvalue weighted by Gasteiger charge is 2.42. The third kappa shape index (κ3) is 3.44. The van der Waals surface area contributed by atoms with E-state index in [9.17, 15) is 10.1 Å². The van der Waals surface area contributed by atoms with Crippen molar-refractivity contribution in [1.29, 1.82) is 5.26 Å². The molecule has 0 unspecified atom stereocenters. The van der Waals surface area contributed by atoms with Crippen LogP contribution < -0.4 is 5.32 Å². The van der Waals surface area contributed by atoms with Crippen molar-refractivity contribution in [1.82, 2.24) is 20.1 Å². The van der Waals surface area contributed by atoms with Gasteiger partial charge in [-0.05, 0) is 44.2 Å². The first kappa shape index (κ1) is 16.5. The molecular weight excluding hydrogens is 322 g/mol. The summed E-state index contributed by atoms with van der Waals surface area (Å²) >= 11 is 1.32. The van der Waals surface area contributed by atoms with Gasteiger partial charge in [0.2, 0.25) is 5.91 Å². The molecule has 1 heterocycles. The van der Waals surface area contributed by atoms with Crippen molar-refractivity contribution in [3.05, 3.63) is 36.2 Å². The third-order valence-electron chi connectivity index (χ3n) is 4.25. The third-order valence-corrected chi connectivity index (χ3v) is 5.19. The molecule has 0 bridgehead atoms. The maximum atomic E-state index is 12.2. The average Bonchev–Trinajstić information content (AvgIpc) is 3.33. The van der Waals surface area contributed by atoms with Crippen molar-refractivity contribution in [2.24, 2.45) is 5.92 Å². The number of nitrogens with zero attached hydrogens (tertiary/aromatic N) is 4. The first-order chi connectivity index (χ1) is 11.5. The molecule has 1 atom stereocenters. The summed E-state index contributed by atoms with van der Waals surface area (Å²) in [5.74, 6) is 0.316. The summed E-state index contributed by atoms with van der Waals surface area (Å²) in [6, 6.07) is 10.2. The van der Waals surface area contributed by atoms with E-state index in [4.69, 9.17) is 0 Å². The Morgan fingerprint density at radius 1 is 1.50 bits per heavy atom. The van der Waals surface area contributed by atoms with Gasteiger partial charge in [-0.2, -0.15) is 5.26 Å². The van der Waals surface area contributed by atoms with Gasteiger partial charge in [-0.25, -0.2) is 0 Å². The molecule has 124 valence electrons. The zero-order valence-electron chi connectivity index (χ0n) is 13.7. The van der Waals surface area contributed by atoms with E-state index in [-0.39, 0.29) is 17.6 Å². The van der Waals surface area contributed by atoms with Gasteiger partial charge >= 0.3 is 0 Å². The van der Waals surface area contributed by atoms with Crippen LogP contribution in [0.4, 0.5) is 0 Å². The summed E-state index contributed by atoms with van der Waals surface area (Å²) < 4.78 is 1.87. The van der Waals surface area contributed by atoms with E-state index in [0.29, 0.717) is 5.16 Å². The molecule has 1 N–H and O–H groups in total. The molecular formula is C17H19N5OS. The number of rotatable bonds is 6. The van der Waals surface area contributed by atoms with E-state index in [0.717, 1.165) is 24.1 Å². The van der Waals surface area contributed by atoms with E-state index >= 15 is 0 Å². The lowest BCUT2D eigenvalue weighted by Gasteiger charge is -2.22. The van der Waals surface area contributed by atoms with Crippen LogP contribution in [0, 0.1) is 24.2 Å². The number of para-hydroxylation sites is 1. The molecule has 1 aliphatic rings. The van der Waals surface area contributed by atoms with Crippen LogP contribution in [0.15, 0.2) is 35.7 Å². The maximum Gasteiger partial charge on any atom is 0.231 e. The van der Waals surface area contributed by atoms with Crippen molar-refractivity contribution in [2.75, 3.05) is 5.75 Å². The molecule has 0 saturated heterocycles. The quantitative estimate of drug-likeness (QED) is 0.816. The summed E-state index contributed by atoms with van der Waals surface area (Å²) in [7, 11) is 0. The Morgan fingerprint density at radius 2 is 2.25 bits per heavy atom. The van der Waals surface area contributed by atoms with E-state index < -0.39 is 5.54 Å². The molecule has 1 aromatic heterocycles. The Morgan fingerprint density at radius 3 is 2.92 bits per heavy atom. The van der Waals surface area contributed by atoms with Crippen LogP contribution in [0.1, 0.15) is 25.3 Å². The standard InChI is InChI=1S/C17H19N5OS/c1-12-5-3-4-6-14(12)22-11-19-21-16(22)24-9-15(23)20-17(2,10-18)13-7-8-13/h3-6,11,13H,7-9H2,1-2H3,(H,20,23)/t17-/m1/s1. The van der Waals surface area contributed by atoms with Gasteiger partial charge in [-0.15, -0.1) is 10.2 Å². The lowest BCUT2D eigenvalue weighted by Crippen LogP contribution is -2.47. The van der Waals surface area contributed by atoms with Crippen molar-refractivity contribution < 1.29 is 4.79 Å². The van der Waals surface area contributed by atoms with Crippen molar-refractivity contribution in [2.45, 2.75) is 37.4 Å². The second kappa shape index (κ2) is 6.65. The summed E-state index contributed by atoms with van der Waals surface area (Å²) in [5, 5.41) is 20.9. The van der Waals surface area contributed by atoms with Crippen molar-refractivity contribution in [3.8, 4) is 11.8 Å². The number of aromatic nitrogens is 3. The molecule has 0 spiro atoms. The number of nitriles is 1. The molecule has 6 nitrogen and oxygen atoms in total. The zero-order chi connectivity index (χ0) is 17.2. The first-order valence-corrected chi connectivity index (χ1v) is 8.83. The van der Waals surface area contributed by atoms with E-state index in [1.165, 1.54) is 11.8 Å². The summed E-state index contributed by atoms with van der Waals surface area (Å²) in [6.07, 6.45) is 3.64. The van der Waals surface area contributed by atoms with Gasteiger partial charge in [0.15, 0.2) is 5.16 Å². The number of amides is 1. The van der Waals surface area contributed by atoms with E-state index in [1.807, 2.05) is 35.8 Å². The SMILES string of the molecule is Cc1ccccc1-n1cnnc1SCC(=O)N[C@](C)(C#N)C1CC1. The molecule has 1 fully saturated rings. The minimum Gasteiger partial charge on any atom is -0.337 e. The highest BCUT2D eigenvalue weighted by Crippen LogP contribution is 2.39. The largest absolute Gasteiger partial charge is 0.337 e. The Balaban J connectivity index is 1.66. The minimum atomic E-state index is -0.763. The predicted molar refractivity (Wildman–Crippen MR) is 91.7 cm³/mol. The number of thioether (sulfide) groups is 1. The summed E-state index contributed by atoms with van der Waals surface area (Å²) in [5.41, 5.74) is 1.33. The van der Waals surface area contributed by atoms with Gasteiger partial charge in [-0.1, -0.05) is 30.0 Å². The maximum absolute atomic E-state index is 12.2. The van der Waals surface area contributed by atoms with Crippen LogP contribution in [0.2, 0.25) is 0 Å². The number of hydrogen-bond donors (Lipinski definition) is 1. The fourth-order valence-corrected chi connectivity index (χ4v) is 3.38. The predicted octanol–water partition coefficient (Wildman–Crippen LogP) is 2.48. The monoisotopic (exact) mass is 341 g/mol. The molecule has 7 heteroatoms. The number of carbonyl (C=O) groups excluding carboxylic acids is 1. The number of carbonyl (C=O) groups is 1. The minimum absolute atomic E-state index is 0.157. The number of benzene rings is 1. The molecule has 1 amide bonds. The first-order valence-electron chi connectivity index (χ1n) is 7.84. The second-order valence-corrected chi connectivity index (χ2v) is 7.14.